The Kier molecular flexibility index (Phi) is 4.74. The second-order valence-electron chi connectivity index (χ2n) is 4.46. The number of rotatable bonds is 5. The van der Waals surface area contributed by atoms with E-state index in [2.05, 4.69) is 20.9 Å². The van der Waals surface area contributed by atoms with Crippen LogP contribution >= 0.6 is 15.9 Å². The molecule has 1 unspecified atom stereocenters. The number of aliphatic hydroxyl groups is 1. The molecular formula is C14H17BrN2O2. The standard InChI is InChI=1S/C14H17BrN2O2/c1-17(8-10(18)9-19-2)14-12-4-3-5-13(15)11(12)6-7-16-14/h3-7,10,18H,8-9H2,1-2H3. The fourth-order valence-corrected chi connectivity index (χ4v) is 2.60. The third kappa shape index (κ3) is 3.23. The van der Waals surface area contributed by atoms with Crippen LogP contribution in [0, 0.1) is 0 Å². The number of halogens is 1. The van der Waals surface area contributed by atoms with Gasteiger partial charge in [-0.3, -0.25) is 0 Å². The summed E-state index contributed by atoms with van der Waals surface area (Å²) < 4.78 is 5.98. The van der Waals surface area contributed by atoms with Crippen molar-refractivity contribution in [3.8, 4) is 0 Å². The molecule has 102 valence electrons. The SMILES string of the molecule is COCC(O)CN(C)c1nccc2c(Br)cccc12. The van der Waals surface area contributed by atoms with E-state index in [0.717, 1.165) is 21.1 Å². The van der Waals surface area contributed by atoms with Crippen LogP contribution in [-0.2, 0) is 4.74 Å². The molecule has 0 aliphatic heterocycles. The lowest BCUT2D eigenvalue weighted by Gasteiger charge is -2.22. The van der Waals surface area contributed by atoms with Crippen molar-refractivity contribution < 1.29 is 9.84 Å². The van der Waals surface area contributed by atoms with E-state index in [1.807, 2.05) is 36.2 Å². The van der Waals surface area contributed by atoms with Crippen LogP contribution in [0.1, 0.15) is 0 Å². The van der Waals surface area contributed by atoms with E-state index in [4.69, 9.17) is 4.74 Å². The van der Waals surface area contributed by atoms with Gasteiger partial charge in [0.1, 0.15) is 5.82 Å². The summed E-state index contributed by atoms with van der Waals surface area (Å²) in [6.45, 7) is 0.797. The Morgan fingerprint density at radius 3 is 2.89 bits per heavy atom. The van der Waals surface area contributed by atoms with Gasteiger partial charge in [0.2, 0.25) is 0 Å². The van der Waals surface area contributed by atoms with Gasteiger partial charge in [-0.1, -0.05) is 28.1 Å². The molecule has 5 heteroatoms. The first-order chi connectivity index (χ1) is 9.13. The van der Waals surface area contributed by atoms with Crippen LogP contribution < -0.4 is 4.90 Å². The lowest BCUT2D eigenvalue weighted by Crippen LogP contribution is -2.32. The molecule has 0 saturated heterocycles. The Hall–Kier alpha value is -1.17. The number of methoxy groups -OCH3 is 1. The van der Waals surface area contributed by atoms with Crippen molar-refractivity contribution in [1.29, 1.82) is 0 Å². The van der Waals surface area contributed by atoms with Gasteiger partial charge in [-0.15, -0.1) is 0 Å². The summed E-state index contributed by atoms with van der Waals surface area (Å²) in [5.74, 6) is 0.856. The number of anilines is 1. The number of hydrogen-bond acceptors (Lipinski definition) is 4. The molecule has 0 fully saturated rings. The predicted molar refractivity (Wildman–Crippen MR) is 80.6 cm³/mol. The van der Waals surface area contributed by atoms with Gasteiger partial charge in [0.05, 0.1) is 12.7 Å². The highest BCUT2D eigenvalue weighted by molar-refractivity contribution is 9.10. The van der Waals surface area contributed by atoms with Crippen LogP contribution in [0.2, 0.25) is 0 Å². The van der Waals surface area contributed by atoms with Gasteiger partial charge in [-0.25, -0.2) is 4.98 Å². The second-order valence-corrected chi connectivity index (χ2v) is 5.31. The number of pyridine rings is 1. The van der Waals surface area contributed by atoms with Crippen molar-refractivity contribution >= 4 is 32.5 Å². The van der Waals surface area contributed by atoms with Crippen LogP contribution in [0.3, 0.4) is 0 Å². The van der Waals surface area contributed by atoms with Crippen LogP contribution in [0.15, 0.2) is 34.9 Å². The molecule has 0 aliphatic rings. The van der Waals surface area contributed by atoms with Gasteiger partial charge in [0.25, 0.3) is 0 Å². The number of fused-ring (bicyclic) bond motifs is 1. The Balaban J connectivity index is 2.32. The van der Waals surface area contributed by atoms with Crippen LogP contribution in [0.4, 0.5) is 5.82 Å². The third-order valence-electron chi connectivity index (χ3n) is 2.94. The molecule has 19 heavy (non-hydrogen) atoms. The highest BCUT2D eigenvalue weighted by Crippen LogP contribution is 2.29. The highest BCUT2D eigenvalue weighted by atomic mass is 79.9. The topological polar surface area (TPSA) is 45.6 Å². The van der Waals surface area contributed by atoms with Gasteiger partial charge in [0.15, 0.2) is 0 Å². The highest BCUT2D eigenvalue weighted by Gasteiger charge is 2.12. The Morgan fingerprint density at radius 2 is 2.16 bits per heavy atom. The quantitative estimate of drug-likeness (QED) is 0.917. The average Bonchev–Trinajstić information content (AvgIpc) is 2.38. The lowest BCUT2D eigenvalue weighted by atomic mass is 10.1. The minimum absolute atomic E-state index is 0.318. The largest absolute Gasteiger partial charge is 0.389 e. The first-order valence-corrected chi connectivity index (χ1v) is 6.84. The third-order valence-corrected chi connectivity index (χ3v) is 3.63. The second kappa shape index (κ2) is 6.32. The Labute approximate surface area is 121 Å². The minimum atomic E-state index is -0.529. The van der Waals surface area contributed by atoms with E-state index in [0.29, 0.717) is 13.2 Å². The maximum Gasteiger partial charge on any atom is 0.136 e. The molecule has 1 aromatic heterocycles. The summed E-state index contributed by atoms with van der Waals surface area (Å²) in [5.41, 5.74) is 0. The van der Waals surface area contributed by atoms with Gasteiger partial charge in [-0.2, -0.15) is 0 Å². The van der Waals surface area contributed by atoms with Crippen molar-refractivity contribution in [1.82, 2.24) is 4.98 Å². The smallest absolute Gasteiger partial charge is 0.136 e. The molecule has 0 aliphatic carbocycles. The van der Waals surface area contributed by atoms with E-state index in [1.54, 1.807) is 13.3 Å². The monoisotopic (exact) mass is 324 g/mol. The maximum atomic E-state index is 9.80. The van der Waals surface area contributed by atoms with E-state index in [1.165, 1.54) is 0 Å². The number of benzene rings is 1. The van der Waals surface area contributed by atoms with Crippen molar-refractivity contribution in [3.63, 3.8) is 0 Å². The summed E-state index contributed by atoms with van der Waals surface area (Å²) in [6.07, 6.45) is 1.25. The molecule has 4 nitrogen and oxygen atoms in total. The number of hydrogen-bond donors (Lipinski definition) is 1. The summed E-state index contributed by atoms with van der Waals surface area (Å²) >= 11 is 3.54. The van der Waals surface area contributed by atoms with Crippen molar-refractivity contribution in [2.24, 2.45) is 0 Å². The molecule has 2 aromatic rings. The maximum absolute atomic E-state index is 9.80. The van der Waals surface area contributed by atoms with E-state index in [9.17, 15) is 5.11 Å². The van der Waals surface area contributed by atoms with Gasteiger partial charge in [-0.05, 0) is 12.1 Å². The van der Waals surface area contributed by atoms with Crippen molar-refractivity contribution in [2.75, 3.05) is 32.2 Å². The van der Waals surface area contributed by atoms with Crippen molar-refractivity contribution in [3.05, 3.63) is 34.9 Å². The number of nitrogens with zero attached hydrogens (tertiary/aromatic N) is 2. The summed E-state index contributed by atoms with van der Waals surface area (Å²) in [6, 6.07) is 7.99. The first-order valence-electron chi connectivity index (χ1n) is 6.05. The zero-order chi connectivity index (χ0) is 13.8. The van der Waals surface area contributed by atoms with E-state index in [-0.39, 0.29) is 0 Å². The fraction of sp³-hybridized carbons (Fsp3) is 0.357. The van der Waals surface area contributed by atoms with Crippen LogP contribution in [0.25, 0.3) is 10.8 Å². The minimum Gasteiger partial charge on any atom is -0.389 e. The molecule has 1 aromatic carbocycles. The number of likely N-dealkylation sites (N-methyl/N-ethyl adjacent to an activating group) is 1. The summed E-state index contributed by atoms with van der Waals surface area (Å²) in [7, 11) is 3.50. The first kappa shape index (κ1) is 14.2. The Bertz CT molecular complexity index is 562. The van der Waals surface area contributed by atoms with Gasteiger partial charge < -0.3 is 14.7 Å². The number of aliphatic hydroxyl groups excluding tert-OH is 1. The molecule has 0 spiro atoms. The van der Waals surface area contributed by atoms with Crippen LogP contribution in [0.5, 0.6) is 0 Å². The van der Waals surface area contributed by atoms with Crippen molar-refractivity contribution in [2.45, 2.75) is 6.10 Å². The van der Waals surface area contributed by atoms with E-state index < -0.39 is 6.10 Å². The molecule has 0 amide bonds. The molecule has 0 saturated carbocycles. The molecule has 0 radical (unpaired) electrons. The average molecular weight is 325 g/mol. The zero-order valence-electron chi connectivity index (χ0n) is 11.0. The van der Waals surface area contributed by atoms with Gasteiger partial charge in [0, 0.05) is 42.1 Å². The molecule has 1 N–H and O–H groups in total. The zero-order valence-corrected chi connectivity index (χ0v) is 12.6. The fourth-order valence-electron chi connectivity index (χ4n) is 2.11. The summed E-state index contributed by atoms with van der Waals surface area (Å²) in [4.78, 5) is 6.36. The lowest BCUT2D eigenvalue weighted by molar-refractivity contribution is 0.0694. The summed E-state index contributed by atoms with van der Waals surface area (Å²) in [5, 5.41) is 12.0. The molecule has 2 rings (SSSR count). The van der Waals surface area contributed by atoms with Crippen LogP contribution in [-0.4, -0.2) is 43.5 Å². The number of ether oxygens (including phenoxy) is 1. The molecule has 1 atom stereocenters. The normalized spacial score (nSPS) is 12.6. The Morgan fingerprint density at radius 1 is 1.37 bits per heavy atom. The van der Waals surface area contributed by atoms with E-state index >= 15 is 0 Å². The van der Waals surface area contributed by atoms with Gasteiger partial charge >= 0.3 is 0 Å². The molecular weight excluding hydrogens is 308 g/mol. The number of aromatic nitrogens is 1. The molecule has 0 bridgehead atoms. The molecule has 1 heterocycles. The predicted octanol–water partition coefficient (Wildman–Crippen LogP) is 2.44.